The van der Waals surface area contributed by atoms with Crippen molar-refractivity contribution in [2.24, 2.45) is 0 Å². The lowest BCUT2D eigenvalue weighted by Gasteiger charge is -2.08. The quantitative estimate of drug-likeness (QED) is 0.535. The molecule has 0 fully saturated rings. The highest BCUT2D eigenvalue weighted by molar-refractivity contribution is 7.24. The molecule has 1 aromatic heterocycles. The number of aromatic carboxylic acids is 1. The Morgan fingerprint density at radius 1 is 0.962 bits per heavy atom. The Morgan fingerprint density at radius 3 is 2.54 bits per heavy atom. The van der Waals surface area contributed by atoms with Crippen LogP contribution in [0.2, 0.25) is 0 Å². The van der Waals surface area contributed by atoms with Gasteiger partial charge in [-0.05, 0) is 35.9 Å². The van der Waals surface area contributed by atoms with E-state index in [1.54, 1.807) is 30.3 Å². The summed E-state index contributed by atoms with van der Waals surface area (Å²) in [5, 5.41) is 10.4. The minimum absolute atomic E-state index is 0.141. The van der Waals surface area contributed by atoms with Gasteiger partial charge in [0.1, 0.15) is 12.4 Å². The van der Waals surface area contributed by atoms with Gasteiger partial charge in [-0.1, -0.05) is 36.4 Å². The van der Waals surface area contributed by atoms with E-state index in [1.807, 2.05) is 30.3 Å². The van der Waals surface area contributed by atoms with Gasteiger partial charge in [0.2, 0.25) is 0 Å². The first-order valence-corrected chi connectivity index (χ1v) is 8.85. The van der Waals surface area contributed by atoms with Gasteiger partial charge in [-0.2, -0.15) is 0 Å². The maximum atomic E-state index is 12.7. The average molecular weight is 362 g/mol. The third kappa shape index (κ3) is 2.93. The molecule has 4 aromatic rings. The average Bonchev–Trinajstić information content (AvgIpc) is 2.66. The number of carbonyl (C=O) groups is 1. The standard InChI is InChI=1S/C21H14O4S/c22-19-15-10-9-14(25-12-13-5-2-1-3-6-13)11-18(15)26-20-16(19)7-4-8-17(20)21(23)24/h1-11H,12H2,(H,23,24). The first-order chi connectivity index (χ1) is 12.6. The lowest BCUT2D eigenvalue weighted by molar-refractivity contribution is 0.0699. The lowest BCUT2D eigenvalue weighted by atomic mass is 10.1. The highest BCUT2D eigenvalue weighted by Crippen LogP contribution is 2.30. The number of benzene rings is 3. The van der Waals surface area contributed by atoms with Crippen LogP contribution in [0.5, 0.6) is 5.75 Å². The molecular formula is C21H14O4S. The van der Waals surface area contributed by atoms with E-state index in [0.717, 1.165) is 5.56 Å². The fourth-order valence-corrected chi connectivity index (χ4v) is 4.06. The van der Waals surface area contributed by atoms with Crippen molar-refractivity contribution in [2.45, 2.75) is 6.61 Å². The van der Waals surface area contributed by atoms with Gasteiger partial charge in [0.25, 0.3) is 0 Å². The van der Waals surface area contributed by atoms with E-state index >= 15 is 0 Å². The maximum Gasteiger partial charge on any atom is 0.337 e. The summed E-state index contributed by atoms with van der Waals surface area (Å²) in [5.41, 5.74) is 1.03. The van der Waals surface area contributed by atoms with Gasteiger partial charge in [-0.25, -0.2) is 4.79 Å². The molecule has 0 spiro atoms. The zero-order chi connectivity index (χ0) is 18.1. The van der Waals surface area contributed by atoms with Crippen LogP contribution in [0.4, 0.5) is 0 Å². The Labute approximate surface area is 152 Å². The van der Waals surface area contributed by atoms with Gasteiger partial charge >= 0.3 is 5.97 Å². The van der Waals surface area contributed by atoms with Gasteiger partial charge < -0.3 is 9.84 Å². The first kappa shape index (κ1) is 16.3. The zero-order valence-corrected chi connectivity index (χ0v) is 14.5. The molecular weight excluding hydrogens is 348 g/mol. The normalized spacial score (nSPS) is 10.9. The summed E-state index contributed by atoms with van der Waals surface area (Å²) < 4.78 is 7.01. The van der Waals surface area contributed by atoms with Gasteiger partial charge in [0.05, 0.1) is 10.3 Å². The van der Waals surface area contributed by atoms with Crippen LogP contribution in [-0.4, -0.2) is 11.1 Å². The van der Waals surface area contributed by atoms with Crippen molar-refractivity contribution in [3.05, 3.63) is 88.1 Å². The summed E-state index contributed by atoms with van der Waals surface area (Å²) in [7, 11) is 0. The van der Waals surface area contributed by atoms with Gasteiger partial charge in [-0.15, -0.1) is 11.3 Å². The van der Waals surface area contributed by atoms with Gasteiger partial charge in [0, 0.05) is 15.5 Å². The molecule has 1 heterocycles. The first-order valence-electron chi connectivity index (χ1n) is 8.03. The highest BCUT2D eigenvalue weighted by atomic mass is 32.1. The fraction of sp³-hybridized carbons (Fsp3) is 0.0476. The number of carboxylic acids is 1. The van der Waals surface area contributed by atoms with Crippen molar-refractivity contribution in [1.29, 1.82) is 0 Å². The summed E-state index contributed by atoms with van der Waals surface area (Å²) in [6.45, 7) is 0.426. The highest BCUT2D eigenvalue weighted by Gasteiger charge is 2.13. The van der Waals surface area contributed by atoms with E-state index in [4.69, 9.17) is 4.74 Å². The number of hydrogen-bond donors (Lipinski definition) is 1. The molecule has 128 valence electrons. The molecule has 0 aliphatic heterocycles. The molecule has 0 unspecified atom stereocenters. The van der Waals surface area contributed by atoms with Crippen LogP contribution in [-0.2, 0) is 6.61 Å². The van der Waals surface area contributed by atoms with Crippen molar-refractivity contribution < 1.29 is 14.6 Å². The fourth-order valence-electron chi connectivity index (χ4n) is 2.85. The van der Waals surface area contributed by atoms with Crippen molar-refractivity contribution in [1.82, 2.24) is 0 Å². The zero-order valence-electron chi connectivity index (χ0n) is 13.6. The Hall–Kier alpha value is -3.18. The summed E-state index contributed by atoms with van der Waals surface area (Å²) in [5.74, 6) is -0.397. The van der Waals surface area contributed by atoms with E-state index in [-0.39, 0.29) is 11.0 Å². The van der Waals surface area contributed by atoms with E-state index in [0.29, 0.717) is 32.5 Å². The number of rotatable bonds is 4. The Morgan fingerprint density at radius 2 is 1.77 bits per heavy atom. The van der Waals surface area contributed by atoms with Gasteiger partial charge in [0.15, 0.2) is 5.43 Å². The molecule has 0 aliphatic carbocycles. The summed E-state index contributed by atoms with van der Waals surface area (Å²) in [6.07, 6.45) is 0. The van der Waals surface area contributed by atoms with Crippen LogP contribution < -0.4 is 10.2 Å². The number of hydrogen-bond acceptors (Lipinski definition) is 4. The molecule has 0 radical (unpaired) electrons. The van der Waals surface area contributed by atoms with E-state index in [2.05, 4.69) is 0 Å². The SMILES string of the molecule is O=C(O)c1cccc2c(=O)c3ccc(OCc4ccccc4)cc3sc12. The molecule has 1 N–H and O–H groups in total. The number of ether oxygens (including phenoxy) is 1. The smallest absolute Gasteiger partial charge is 0.337 e. The topological polar surface area (TPSA) is 63.6 Å². The van der Waals surface area contributed by atoms with E-state index < -0.39 is 5.97 Å². The molecule has 5 heteroatoms. The van der Waals surface area contributed by atoms with Crippen molar-refractivity contribution in [3.8, 4) is 5.75 Å². The van der Waals surface area contributed by atoms with E-state index in [1.165, 1.54) is 17.4 Å². The molecule has 0 bridgehead atoms. The second-order valence-corrected chi connectivity index (χ2v) is 6.90. The minimum atomic E-state index is -1.04. The predicted octanol–water partition coefficient (Wildman–Crippen LogP) is 4.69. The Kier molecular flexibility index (Phi) is 4.14. The summed E-state index contributed by atoms with van der Waals surface area (Å²) >= 11 is 1.30. The van der Waals surface area contributed by atoms with Crippen molar-refractivity contribution in [2.75, 3.05) is 0 Å². The van der Waals surface area contributed by atoms with Crippen LogP contribution in [0.15, 0.2) is 71.5 Å². The molecule has 0 saturated carbocycles. The maximum absolute atomic E-state index is 12.7. The van der Waals surface area contributed by atoms with Crippen molar-refractivity contribution >= 4 is 37.5 Å². The Bertz CT molecular complexity index is 1180. The van der Waals surface area contributed by atoms with Crippen molar-refractivity contribution in [3.63, 3.8) is 0 Å². The van der Waals surface area contributed by atoms with E-state index in [9.17, 15) is 14.7 Å². The number of carboxylic acid groups (broad SMARTS) is 1. The van der Waals surface area contributed by atoms with Crippen LogP contribution >= 0.6 is 11.3 Å². The molecule has 4 rings (SSSR count). The van der Waals surface area contributed by atoms with Crippen LogP contribution in [0, 0.1) is 0 Å². The minimum Gasteiger partial charge on any atom is -0.489 e. The summed E-state index contributed by atoms with van der Waals surface area (Å²) in [4.78, 5) is 24.2. The lowest BCUT2D eigenvalue weighted by Crippen LogP contribution is -2.05. The number of fused-ring (bicyclic) bond motifs is 2. The monoisotopic (exact) mass is 362 g/mol. The second kappa shape index (κ2) is 6.61. The third-order valence-corrected chi connectivity index (χ3v) is 5.35. The summed E-state index contributed by atoms with van der Waals surface area (Å²) in [6, 6.07) is 19.9. The Balaban J connectivity index is 1.80. The predicted molar refractivity (Wildman–Crippen MR) is 103 cm³/mol. The largest absolute Gasteiger partial charge is 0.489 e. The molecule has 26 heavy (non-hydrogen) atoms. The second-order valence-electron chi connectivity index (χ2n) is 5.85. The van der Waals surface area contributed by atoms with Crippen LogP contribution in [0.25, 0.3) is 20.2 Å². The molecule has 4 nitrogen and oxygen atoms in total. The van der Waals surface area contributed by atoms with Crippen LogP contribution in [0.1, 0.15) is 15.9 Å². The van der Waals surface area contributed by atoms with Gasteiger partial charge in [-0.3, -0.25) is 4.79 Å². The molecule has 3 aromatic carbocycles. The molecule has 0 saturated heterocycles. The molecule has 0 atom stereocenters. The molecule has 0 aliphatic rings. The third-order valence-electron chi connectivity index (χ3n) is 4.15. The van der Waals surface area contributed by atoms with Crippen LogP contribution in [0.3, 0.4) is 0 Å². The molecule has 0 amide bonds.